The third-order valence-electron chi connectivity index (χ3n) is 11.7. The highest BCUT2D eigenvalue weighted by molar-refractivity contribution is 5.78. The zero-order valence-corrected chi connectivity index (χ0v) is 48.2. The molecule has 2 rings (SSSR count). The lowest BCUT2D eigenvalue weighted by molar-refractivity contribution is -0.159. The Hall–Kier alpha value is -5.12. The Bertz CT molecular complexity index is 1710. The minimum absolute atomic E-state index is 0.00533. The van der Waals surface area contributed by atoms with Crippen molar-refractivity contribution in [2.24, 2.45) is 0 Å². The molecule has 426 valence electrons. The van der Waals surface area contributed by atoms with E-state index in [1.165, 1.54) is 29.4 Å². The van der Waals surface area contributed by atoms with Crippen LogP contribution in [0.3, 0.4) is 0 Å². The Balaban J connectivity index is 2.91. The fourth-order valence-corrected chi connectivity index (χ4v) is 8.30. The minimum atomic E-state index is -1.08. The van der Waals surface area contributed by atoms with E-state index in [2.05, 4.69) is 0 Å². The quantitative estimate of drug-likeness (QED) is 0.138. The van der Waals surface area contributed by atoms with Gasteiger partial charge in [-0.3, -0.25) is 29.0 Å². The average molecular weight is 1060 g/mol. The number of hydrogen-bond donors (Lipinski definition) is 0. The van der Waals surface area contributed by atoms with Gasteiger partial charge in [-0.1, -0.05) is 0 Å². The molecule has 0 N–H and O–H groups in total. The summed E-state index contributed by atoms with van der Waals surface area (Å²) in [7, 11) is 0. The van der Waals surface area contributed by atoms with E-state index in [1.807, 2.05) is 23.6 Å². The second kappa shape index (κ2) is 28.7. The second-order valence-corrected chi connectivity index (χ2v) is 23.8. The molecule has 0 bridgehead atoms. The van der Waals surface area contributed by atoms with E-state index in [4.69, 9.17) is 28.4 Å². The Labute approximate surface area is 441 Å². The van der Waals surface area contributed by atoms with Crippen molar-refractivity contribution < 1.29 is 66.8 Å². The number of rotatable bonds is 11. The molecule has 0 aromatic rings. The molecule has 0 saturated carbocycles. The number of ether oxygens (including phenoxy) is 6. The van der Waals surface area contributed by atoms with E-state index in [9.17, 15) is 38.4 Å². The van der Waals surface area contributed by atoms with E-state index in [-0.39, 0.29) is 104 Å². The largest absolute Gasteiger partial charge is 0.462 e. The summed E-state index contributed by atoms with van der Waals surface area (Å²) in [5, 5.41) is 0. The Morgan fingerprint density at radius 2 is 0.662 bits per heavy atom. The molecule has 74 heavy (non-hydrogen) atoms. The maximum atomic E-state index is 14.7. The number of esters is 2. The molecule has 4 atom stereocenters. The van der Waals surface area contributed by atoms with Crippen LogP contribution in [-0.4, -0.2) is 239 Å². The van der Waals surface area contributed by atoms with Crippen LogP contribution in [0.1, 0.15) is 137 Å². The lowest BCUT2D eigenvalue weighted by Crippen LogP contribution is -2.58. The van der Waals surface area contributed by atoms with Gasteiger partial charge in [0.1, 0.15) is 34.5 Å². The first kappa shape index (κ1) is 65.0. The van der Waals surface area contributed by atoms with Crippen molar-refractivity contribution in [1.82, 2.24) is 39.2 Å². The second-order valence-electron chi connectivity index (χ2n) is 23.8. The highest BCUT2D eigenvalue weighted by atomic mass is 16.6. The number of nitrogens with zero attached hydrogens (tertiary/aromatic N) is 8. The summed E-state index contributed by atoms with van der Waals surface area (Å²) in [5.74, 6) is -1.22. The molecule has 0 aromatic heterocycles. The molecule has 22 nitrogen and oxygen atoms in total. The van der Waals surface area contributed by atoms with Crippen LogP contribution in [0, 0.1) is 0 Å². The smallest absolute Gasteiger partial charge is 0.410 e. The van der Waals surface area contributed by atoms with Crippen LogP contribution in [0.2, 0.25) is 0 Å². The molecule has 2 saturated heterocycles. The predicted molar refractivity (Wildman–Crippen MR) is 278 cm³/mol. The van der Waals surface area contributed by atoms with Gasteiger partial charge in [0.05, 0.1) is 12.2 Å². The first-order valence-electron chi connectivity index (χ1n) is 26.3. The summed E-state index contributed by atoms with van der Waals surface area (Å²) in [6.45, 7) is 32.7. The molecule has 2 fully saturated rings. The third kappa shape index (κ3) is 24.0. The zero-order valence-electron chi connectivity index (χ0n) is 48.2. The number of carbonyl (C=O) groups excluding carboxylic acids is 8. The first-order valence-corrected chi connectivity index (χ1v) is 26.3. The summed E-state index contributed by atoms with van der Waals surface area (Å²) in [5.41, 5.74) is -3.40. The molecule has 2 heterocycles. The number of hydrogen-bond acceptors (Lipinski definition) is 16. The SMILES string of the molecule is CC(C)OC(=O)C(CCC(C(=O)OC(C)C)N1CCN(C(=O)OC(C)(C)C)CCN(C=O)CCN(C(=O)OC(C)(C)C)CC1C)N1CCN(C(=O)OC(C)(C)C)CCN(C=O)CCN(C(=O)OC(C)(C)C)CC1C. The van der Waals surface area contributed by atoms with Crippen LogP contribution in [0.5, 0.6) is 0 Å². The van der Waals surface area contributed by atoms with Gasteiger partial charge >= 0.3 is 36.3 Å². The van der Waals surface area contributed by atoms with Crippen molar-refractivity contribution in [2.75, 3.05) is 91.6 Å². The molecule has 2 aliphatic rings. The van der Waals surface area contributed by atoms with Gasteiger partial charge in [0, 0.05) is 104 Å². The fourth-order valence-electron chi connectivity index (χ4n) is 8.30. The normalized spacial score (nSPS) is 20.2. The van der Waals surface area contributed by atoms with Gasteiger partial charge in [-0.25, -0.2) is 19.2 Å². The Kier molecular flexibility index (Phi) is 25.2. The van der Waals surface area contributed by atoms with Gasteiger partial charge in [0.2, 0.25) is 12.8 Å². The van der Waals surface area contributed by atoms with Gasteiger partial charge < -0.3 is 57.8 Å². The maximum Gasteiger partial charge on any atom is 0.410 e. The predicted octanol–water partition coefficient (Wildman–Crippen LogP) is 5.68. The third-order valence-corrected chi connectivity index (χ3v) is 11.7. The first-order chi connectivity index (χ1) is 34.0. The van der Waals surface area contributed by atoms with Crippen molar-refractivity contribution in [1.29, 1.82) is 0 Å². The summed E-state index contributed by atoms with van der Waals surface area (Å²) < 4.78 is 35.3. The number of carbonyl (C=O) groups is 8. The summed E-state index contributed by atoms with van der Waals surface area (Å²) in [6, 6.07) is -3.39. The molecule has 0 aliphatic carbocycles. The van der Waals surface area contributed by atoms with E-state index in [1.54, 1.807) is 111 Å². The van der Waals surface area contributed by atoms with Crippen LogP contribution in [0.4, 0.5) is 19.2 Å². The number of amides is 6. The maximum absolute atomic E-state index is 14.7. The minimum Gasteiger partial charge on any atom is -0.462 e. The van der Waals surface area contributed by atoms with Gasteiger partial charge in [-0.2, -0.15) is 0 Å². The fraction of sp³-hybridized carbons (Fsp3) is 0.846. The molecular weight excluding hydrogens is 961 g/mol. The van der Waals surface area contributed by atoms with Crippen molar-refractivity contribution in [2.45, 2.75) is 196 Å². The van der Waals surface area contributed by atoms with Crippen LogP contribution < -0.4 is 0 Å². The van der Waals surface area contributed by atoms with E-state index < -0.39 is 95.1 Å². The standard InChI is InChI=1S/C52H94N8O14/c1-37(2)69-43(63)41(59-31-29-55(45(65)71-49(7,8)9)25-21-53(35-61)23-27-57(33-39(59)5)47(67)73-51(13,14)15)19-20-42(44(64)70-38(3)4)60-32-30-56(46(66)72-50(10,11)12)26-22-54(36-62)24-28-58(34-40(60)6)48(68)74-52(16,17)18/h35-42H,19-34H2,1-18H3. The monoisotopic (exact) mass is 1050 g/mol. The Morgan fingerprint density at radius 3 is 0.905 bits per heavy atom. The lowest BCUT2D eigenvalue weighted by Gasteiger charge is -2.42. The molecule has 6 amide bonds. The van der Waals surface area contributed by atoms with Crippen molar-refractivity contribution in [3.63, 3.8) is 0 Å². The highest BCUT2D eigenvalue weighted by Crippen LogP contribution is 2.24. The molecule has 2 aliphatic heterocycles. The van der Waals surface area contributed by atoms with Gasteiger partial charge in [0.15, 0.2) is 0 Å². The molecule has 0 radical (unpaired) electrons. The molecule has 0 spiro atoms. The van der Waals surface area contributed by atoms with E-state index in [0.29, 0.717) is 12.8 Å². The van der Waals surface area contributed by atoms with Gasteiger partial charge in [-0.15, -0.1) is 0 Å². The molecule has 22 heteroatoms. The van der Waals surface area contributed by atoms with Crippen LogP contribution in [-0.2, 0) is 47.6 Å². The molecule has 4 unspecified atom stereocenters. The van der Waals surface area contributed by atoms with Crippen molar-refractivity contribution in [3.05, 3.63) is 0 Å². The van der Waals surface area contributed by atoms with E-state index >= 15 is 0 Å². The summed E-state index contributed by atoms with van der Waals surface area (Å²) in [4.78, 5) is 122. The lowest BCUT2D eigenvalue weighted by atomic mass is 10.00. The topological polar surface area (TPSA) is 218 Å². The van der Waals surface area contributed by atoms with Crippen molar-refractivity contribution >= 4 is 49.1 Å². The highest BCUT2D eigenvalue weighted by Gasteiger charge is 2.40. The average Bonchev–Trinajstić information content (AvgIpc) is 3.22. The Morgan fingerprint density at radius 1 is 0.419 bits per heavy atom. The summed E-state index contributed by atoms with van der Waals surface area (Å²) in [6.07, 6.45) is -2.25. The van der Waals surface area contributed by atoms with Crippen molar-refractivity contribution in [3.8, 4) is 0 Å². The van der Waals surface area contributed by atoms with Gasteiger partial charge in [-0.05, 0) is 137 Å². The van der Waals surface area contributed by atoms with Crippen LogP contribution in [0.25, 0.3) is 0 Å². The van der Waals surface area contributed by atoms with Gasteiger partial charge in [0.25, 0.3) is 0 Å². The molecular formula is C52H94N8O14. The van der Waals surface area contributed by atoms with Crippen LogP contribution in [0.15, 0.2) is 0 Å². The van der Waals surface area contributed by atoms with E-state index in [0.717, 1.165) is 0 Å². The van der Waals surface area contributed by atoms with Crippen LogP contribution >= 0.6 is 0 Å². The zero-order chi connectivity index (χ0) is 56.5. The summed E-state index contributed by atoms with van der Waals surface area (Å²) >= 11 is 0. The molecule has 0 aromatic carbocycles.